The van der Waals surface area contributed by atoms with Gasteiger partial charge in [-0.05, 0) is 52.2 Å². The van der Waals surface area contributed by atoms with Gasteiger partial charge in [0, 0.05) is 5.56 Å². The van der Waals surface area contributed by atoms with Crippen LogP contribution in [0.4, 0.5) is 13.2 Å². The lowest BCUT2D eigenvalue weighted by atomic mass is 9.95. The number of hydrogen-bond acceptors (Lipinski definition) is 3. The van der Waals surface area contributed by atoms with Crippen LogP contribution in [-0.4, -0.2) is 0 Å². The first-order valence-electron chi connectivity index (χ1n) is 5.71. The van der Waals surface area contributed by atoms with E-state index in [0.717, 1.165) is 17.7 Å². The standard InChI is InChI=1S/C13H12BrF3N2O/c1-7-6-8(13(15,16)17)2-3-9(7)11(19-18)10-4-5-20-12(10)14/h2-6,11,19H,18H2,1H3. The van der Waals surface area contributed by atoms with E-state index in [1.54, 1.807) is 13.0 Å². The molecule has 1 atom stereocenters. The van der Waals surface area contributed by atoms with Crippen LogP contribution in [0.15, 0.2) is 39.6 Å². The van der Waals surface area contributed by atoms with Gasteiger partial charge in [0.1, 0.15) is 0 Å². The number of hydrogen-bond donors (Lipinski definition) is 2. The van der Waals surface area contributed by atoms with Crippen molar-refractivity contribution in [2.75, 3.05) is 0 Å². The third-order valence-corrected chi connectivity index (χ3v) is 3.68. The second-order valence-electron chi connectivity index (χ2n) is 4.32. The second kappa shape index (κ2) is 5.59. The molecule has 0 fully saturated rings. The minimum absolute atomic E-state index is 0.453. The summed E-state index contributed by atoms with van der Waals surface area (Å²) in [5.41, 5.74) is 3.78. The number of aryl methyl sites for hydroxylation is 1. The molecule has 0 aliphatic carbocycles. The molecule has 0 bridgehead atoms. The van der Waals surface area contributed by atoms with Gasteiger partial charge in [0.25, 0.3) is 0 Å². The molecule has 0 radical (unpaired) electrons. The quantitative estimate of drug-likeness (QED) is 0.652. The van der Waals surface area contributed by atoms with Crippen molar-refractivity contribution in [1.82, 2.24) is 5.43 Å². The van der Waals surface area contributed by atoms with Crippen LogP contribution < -0.4 is 11.3 Å². The monoisotopic (exact) mass is 348 g/mol. The molecule has 2 rings (SSSR count). The van der Waals surface area contributed by atoms with Crippen molar-refractivity contribution >= 4 is 15.9 Å². The third-order valence-electron chi connectivity index (χ3n) is 3.03. The fraction of sp³-hybridized carbons (Fsp3) is 0.231. The third kappa shape index (κ3) is 2.89. The summed E-state index contributed by atoms with van der Waals surface area (Å²) >= 11 is 3.23. The highest BCUT2D eigenvalue weighted by Crippen LogP contribution is 2.34. The lowest BCUT2D eigenvalue weighted by molar-refractivity contribution is -0.137. The van der Waals surface area contributed by atoms with E-state index in [0.29, 0.717) is 15.8 Å². The lowest BCUT2D eigenvalue weighted by Crippen LogP contribution is -2.29. The number of halogens is 4. The van der Waals surface area contributed by atoms with Gasteiger partial charge in [-0.2, -0.15) is 13.2 Å². The molecule has 1 unspecified atom stereocenters. The molecule has 2 aromatic rings. The van der Waals surface area contributed by atoms with Crippen LogP contribution in [0.25, 0.3) is 0 Å². The summed E-state index contributed by atoms with van der Waals surface area (Å²) in [6, 6.07) is 4.81. The Morgan fingerprint density at radius 1 is 1.25 bits per heavy atom. The maximum Gasteiger partial charge on any atom is 0.416 e. The van der Waals surface area contributed by atoms with Crippen molar-refractivity contribution in [2.24, 2.45) is 5.84 Å². The van der Waals surface area contributed by atoms with Gasteiger partial charge in [0.15, 0.2) is 4.67 Å². The van der Waals surface area contributed by atoms with E-state index in [1.807, 2.05) is 0 Å². The Kier molecular flexibility index (Phi) is 4.22. The van der Waals surface area contributed by atoms with Gasteiger partial charge in [-0.25, -0.2) is 5.43 Å². The van der Waals surface area contributed by atoms with Gasteiger partial charge >= 0.3 is 6.18 Å². The molecule has 0 aliphatic rings. The number of benzene rings is 1. The Morgan fingerprint density at radius 3 is 2.40 bits per heavy atom. The molecule has 108 valence electrons. The molecule has 3 nitrogen and oxygen atoms in total. The lowest BCUT2D eigenvalue weighted by Gasteiger charge is -2.19. The Bertz CT molecular complexity index is 610. The molecule has 0 spiro atoms. The summed E-state index contributed by atoms with van der Waals surface area (Å²) < 4.78 is 43.6. The smallest absolute Gasteiger partial charge is 0.416 e. The fourth-order valence-corrected chi connectivity index (χ4v) is 2.50. The molecule has 0 aliphatic heterocycles. The van der Waals surface area contributed by atoms with Crippen molar-refractivity contribution in [3.8, 4) is 0 Å². The van der Waals surface area contributed by atoms with Gasteiger partial charge < -0.3 is 4.42 Å². The molecular formula is C13H12BrF3N2O. The minimum Gasteiger partial charge on any atom is -0.457 e. The van der Waals surface area contributed by atoms with Crippen LogP contribution in [0.2, 0.25) is 0 Å². The van der Waals surface area contributed by atoms with Crippen molar-refractivity contribution < 1.29 is 17.6 Å². The Hall–Kier alpha value is -1.31. The summed E-state index contributed by atoms with van der Waals surface area (Å²) in [6.45, 7) is 1.61. The number of nitrogens with two attached hydrogens (primary N) is 1. The van der Waals surface area contributed by atoms with E-state index in [4.69, 9.17) is 10.3 Å². The van der Waals surface area contributed by atoms with Crippen molar-refractivity contribution in [2.45, 2.75) is 19.1 Å². The molecule has 1 heterocycles. The summed E-state index contributed by atoms with van der Waals surface area (Å²) in [7, 11) is 0. The highest BCUT2D eigenvalue weighted by Gasteiger charge is 2.31. The molecule has 0 amide bonds. The number of hydrazine groups is 1. The van der Waals surface area contributed by atoms with Crippen LogP contribution in [0, 0.1) is 6.92 Å². The zero-order valence-electron chi connectivity index (χ0n) is 10.5. The molecule has 0 saturated heterocycles. The van der Waals surface area contributed by atoms with E-state index >= 15 is 0 Å². The fourth-order valence-electron chi connectivity index (χ4n) is 2.03. The first kappa shape index (κ1) is 15.1. The van der Waals surface area contributed by atoms with Crippen molar-refractivity contribution in [3.63, 3.8) is 0 Å². The number of alkyl halides is 3. The zero-order valence-corrected chi connectivity index (χ0v) is 12.0. The highest BCUT2D eigenvalue weighted by molar-refractivity contribution is 9.10. The zero-order chi connectivity index (χ0) is 14.9. The van der Waals surface area contributed by atoms with Crippen molar-refractivity contribution in [1.29, 1.82) is 0 Å². The van der Waals surface area contributed by atoms with E-state index in [1.165, 1.54) is 12.3 Å². The van der Waals surface area contributed by atoms with E-state index < -0.39 is 17.8 Å². The predicted molar refractivity (Wildman–Crippen MR) is 71.8 cm³/mol. The first-order chi connectivity index (χ1) is 9.34. The highest BCUT2D eigenvalue weighted by atomic mass is 79.9. The number of furan rings is 1. The van der Waals surface area contributed by atoms with E-state index in [-0.39, 0.29) is 0 Å². The molecule has 3 N–H and O–H groups in total. The second-order valence-corrected chi connectivity index (χ2v) is 5.04. The molecule has 1 aromatic carbocycles. The topological polar surface area (TPSA) is 51.2 Å². The first-order valence-corrected chi connectivity index (χ1v) is 6.50. The molecule has 0 saturated carbocycles. The number of rotatable bonds is 3. The maximum absolute atomic E-state index is 12.7. The van der Waals surface area contributed by atoms with Crippen LogP contribution in [0.5, 0.6) is 0 Å². The SMILES string of the molecule is Cc1cc(C(F)(F)F)ccc1C(NN)c1ccoc1Br. The van der Waals surface area contributed by atoms with Crippen LogP contribution in [0.1, 0.15) is 28.3 Å². The summed E-state index contributed by atoms with van der Waals surface area (Å²) in [6.07, 6.45) is -2.88. The van der Waals surface area contributed by atoms with Gasteiger partial charge in [-0.15, -0.1) is 0 Å². The van der Waals surface area contributed by atoms with Crippen LogP contribution >= 0.6 is 15.9 Å². The van der Waals surface area contributed by atoms with Crippen molar-refractivity contribution in [3.05, 3.63) is 57.5 Å². The molecule has 1 aromatic heterocycles. The normalized spacial score (nSPS) is 13.5. The van der Waals surface area contributed by atoms with E-state index in [9.17, 15) is 13.2 Å². The van der Waals surface area contributed by atoms with E-state index in [2.05, 4.69) is 21.4 Å². The van der Waals surface area contributed by atoms with Gasteiger partial charge in [0.05, 0.1) is 17.9 Å². The summed E-state index contributed by atoms with van der Waals surface area (Å²) in [4.78, 5) is 0. The molecular weight excluding hydrogens is 337 g/mol. The van der Waals surface area contributed by atoms with Gasteiger partial charge in [-0.1, -0.05) is 6.07 Å². The maximum atomic E-state index is 12.7. The summed E-state index contributed by atoms with van der Waals surface area (Å²) in [5.74, 6) is 5.52. The molecule has 20 heavy (non-hydrogen) atoms. The largest absolute Gasteiger partial charge is 0.457 e. The Labute approximate surface area is 122 Å². The average molecular weight is 349 g/mol. The Balaban J connectivity index is 2.44. The number of nitrogens with one attached hydrogen (secondary N) is 1. The van der Waals surface area contributed by atoms with Gasteiger partial charge in [0.2, 0.25) is 0 Å². The van der Waals surface area contributed by atoms with Crippen LogP contribution in [-0.2, 0) is 6.18 Å². The minimum atomic E-state index is -4.36. The molecule has 7 heteroatoms. The van der Waals surface area contributed by atoms with Gasteiger partial charge in [-0.3, -0.25) is 5.84 Å². The van der Waals surface area contributed by atoms with Crippen LogP contribution in [0.3, 0.4) is 0 Å². The Morgan fingerprint density at radius 2 is 1.95 bits per heavy atom. The average Bonchev–Trinajstić information content (AvgIpc) is 2.77. The summed E-state index contributed by atoms with van der Waals surface area (Å²) in [5, 5.41) is 0. The predicted octanol–water partition coefficient (Wildman–Crippen LogP) is 3.92.